The van der Waals surface area contributed by atoms with E-state index in [9.17, 15) is 4.79 Å². The first-order valence-electron chi connectivity index (χ1n) is 7.17. The Labute approximate surface area is 126 Å². The molecule has 0 aliphatic rings. The van der Waals surface area contributed by atoms with Gasteiger partial charge < -0.3 is 9.47 Å². The van der Waals surface area contributed by atoms with E-state index >= 15 is 0 Å². The second-order valence-corrected chi connectivity index (χ2v) is 4.76. The second-order valence-electron chi connectivity index (χ2n) is 4.76. The monoisotopic (exact) mass is 292 g/mol. The highest BCUT2D eigenvalue weighted by Crippen LogP contribution is 2.27. The van der Waals surface area contributed by atoms with Crippen molar-refractivity contribution in [2.45, 2.75) is 39.5 Å². The Kier molecular flexibility index (Phi) is 7.29. The summed E-state index contributed by atoms with van der Waals surface area (Å²) in [6.45, 7) is 3.95. The molecular weight excluding hydrogens is 268 g/mol. The van der Waals surface area contributed by atoms with Crippen molar-refractivity contribution in [3.8, 4) is 11.5 Å². The van der Waals surface area contributed by atoms with Gasteiger partial charge in [0.15, 0.2) is 11.5 Å². The zero-order chi connectivity index (χ0) is 15.7. The molecule has 0 saturated carbocycles. The number of hydrogen-bond donors (Lipinski definition) is 1. The Bertz CT molecular complexity index is 498. The molecule has 0 aliphatic carbocycles. The fourth-order valence-corrected chi connectivity index (χ4v) is 1.86. The predicted molar refractivity (Wildman–Crippen MR) is 84.0 cm³/mol. The van der Waals surface area contributed by atoms with Crippen molar-refractivity contribution in [1.82, 2.24) is 5.43 Å². The summed E-state index contributed by atoms with van der Waals surface area (Å²) in [5.74, 6) is 1.25. The van der Waals surface area contributed by atoms with Crippen LogP contribution in [0.3, 0.4) is 0 Å². The van der Waals surface area contributed by atoms with E-state index in [0.29, 0.717) is 17.9 Å². The van der Waals surface area contributed by atoms with Crippen LogP contribution in [0.15, 0.2) is 23.3 Å². The molecule has 0 spiro atoms. The Balaban J connectivity index is 2.67. The predicted octanol–water partition coefficient (Wildman–Crippen LogP) is 3.12. The summed E-state index contributed by atoms with van der Waals surface area (Å²) < 4.78 is 10.4. The maximum absolute atomic E-state index is 11.6. The van der Waals surface area contributed by atoms with Crippen molar-refractivity contribution in [3.05, 3.63) is 23.8 Å². The highest BCUT2D eigenvalue weighted by Gasteiger charge is 2.07. The van der Waals surface area contributed by atoms with Crippen LogP contribution in [-0.2, 0) is 4.79 Å². The van der Waals surface area contributed by atoms with Crippen LogP contribution >= 0.6 is 0 Å². The fourth-order valence-electron chi connectivity index (χ4n) is 1.86. The average molecular weight is 292 g/mol. The molecule has 1 aromatic rings. The maximum atomic E-state index is 11.6. The molecule has 0 aromatic heterocycles. The number of rotatable bonds is 8. The third-order valence-electron chi connectivity index (χ3n) is 3.16. The summed E-state index contributed by atoms with van der Waals surface area (Å²) in [5, 5.41) is 4.12. The standard InChI is InChI=1S/C16H24N2O3/c1-5-6-7-8-16(19)18-17-12(2)13-9-10-14(20-3)15(11-13)21-4/h9-11H,5-8H2,1-4H3,(H,18,19)/b17-12-. The lowest BCUT2D eigenvalue weighted by Crippen LogP contribution is -2.18. The van der Waals surface area contributed by atoms with Gasteiger partial charge >= 0.3 is 0 Å². The SMILES string of the molecule is CCCCCC(=O)N/N=C(/C)c1ccc(OC)c(OC)c1. The van der Waals surface area contributed by atoms with Gasteiger partial charge in [0.25, 0.3) is 0 Å². The summed E-state index contributed by atoms with van der Waals surface area (Å²) >= 11 is 0. The second kappa shape index (κ2) is 9.00. The minimum Gasteiger partial charge on any atom is -0.493 e. The molecule has 1 aromatic carbocycles. The van der Waals surface area contributed by atoms with E-state index in [1.807, 2.05) is 25.1 Å². The van der Waals surface area contributed by atoms with Crippen molar-refractivity contribution in [2.75, 3.05) is 14.2 Å². The lowest BCUT2D eigenvalue weighted by molar-refractivity contribution is -0.121. The lowest BCUT2D eigenvalue weighted by atomic mass is 10.1. The van der Waals surface area contributed by atoms with Crippen molar-refractivity contribution in [3.63, 3.8) is 0 Å². The molecule has 1 rings (SSSR count). The van der Waals surface area contributed by atoms with Crippen molar-refractivity contribution >= 4 is 11.6 Å². The highest BCUT2D eigenvalue weighted by atomic mass is 16.5. The Morgan fingerprint density at radius 1 is 1.19 bits per heavy atom. The van der Waals surface area contributed by atoms with Crippen LogP contribution in [0.2, 0.25) is 0 Å². The van der Waals surface area contributed by atoms with Gasteiger partial charge in [-0.3, -0.25) is 4.79 Å². The molecule has 0 fully saturated rings. The van der Waals surface area contributed by atoms with Crippen LogP contribution in [0.4, 0.5) is 0 Å². The number of carbonyl (C=O) groups is 1. The van der Waals surface area contributed by atoms with Gasteiger partial charge in [0, 0.05) is 12.0 Å². The van der Waals surface area contributed by atoms with E-state index in [1.165, 1.54) is 0 Å². The van der Waals surface area contributed by atoms with Gasteiger partial charge in [-0.05, 0) is 31.5 Å². The molecule has 0 unspecified atom stereocenters. The van der Waals surface area contributed by atoms with Crippen LogP contribution in [-0.4, -0.2) is 25.8 Å². The van der Waals surface area contributed by atoms with Gasteiger partial charge in [-0.2, -0.15) is 5.10 Å². The molecule has 0 atom stereocenters. The number of unbranched alkanes of at least 4 members (excludes halogenated alkanes) is 2. The topological polar surface area (TPSA) is 59.9 Å². The largest absolute Gasteiger partial charge is 0.493 e. The highest BCUT2D eigenvalue weighted by molar-refractivity contribution is 5.99. The first kappa shape index (κ1) is 17.0. The van der Waals surface area contributed by atoms with Gasteiger partial charge in [-0.25, -0.2) is 5.43 Å². The zero-order valence-electron chi connectivity index (χ0n) is 13.2. The molecule has 5 heteroatoms. The molecule has 0 radical (unpaired) electrons. The van der Waals surface area contributed by atoms with Crippen LogP contribution in [0.1, 0.15) is 45.1 Å². The molecule has 116 valence electrons. The molecule has 0 aliphatic heterocycles. The molecule has 0 bridgehead atoms. The number of methoxy groups -OCH3 is 2. The van der Waals surface area contributed by atoms with Gasteiger partial charge in [0.05, 0.1) is 19.9 Å². The van der Waals surface area contributed by atoms with E-state index in [2.05, 4.69) is 17.5 Å². The van der Waals surface area contributed by atoms with Crippen LogP contribution < -0.4 is 14.9 Å². The molecule has 1 N–H and O–H groups in total. The minimum absolute atomic E-state index is 0.0525. The zero-order valence-corrected chi connectivity index (χ0v) is 13.2. The van der Waals surface area contributed by atoms with E-state index in [4.69, 9.17) is 9.47 Å². The van der Waals surface area contributed by atoms with Crippen LogP contribution in [0.25, 0.3) is 0 Å². The summed E-state index contributed by atoms with van der Waals surface area (Å²) in [7, 11) is 3.18. The summed E-state index contributed by atoms with van der Waals surface area (Å²) in [6.07, 6.45) is 3.57. The van der Waals surface area contributed by atoms with E-state index in [0.717, 1.165) is 30.5 Å². The number of amides is 1. The number of hydrogen-bond acceptors (Lipinski definition) is 4. The lowest BCUT2D eigenvalue weighted by Gasteiger charge is -2.09. The maximum Gasteiger partial charge on any atom is 0.240 e. The van der Waals surface area contributed by atoms with Crippen molar-refractivity contribution < 1.29 is 14.3 Å². The van der Waals surface area contributed by atoms with E-state index < -0.39 is 0 Å². The molecule has 1 amide bonds. The number of nitrogens with one attached hydrogen (secondary N) is 1. The number of ether oxygens (including phenoxy) is 2. The van der Waals surface area contributed by atoms with Gasteiger partial charge in [-0.1, -0.05) is 19.8 Å². The minimum atomic E-state index is -0.0525. The number of nitrogens with zero attached hydrogens (tertiary/aromatic N) is 1. The molecule has 0 heterocycles. The fraction of sp³-hybridized carbons (Fsp3) is 0.500. The summed E-state index contributed by atoms with van der Waals surface area (Å²) in [4.78, 5) is 11.6. The first-order valence-corrected chi connectivity index (χ1v) is 7.17. The van der Waals surface area contributed by atoms with Gasteiger partial charge in [0.1, 0.15) is 0 Å². The number of carbonyl (C=O) groups excluding carboxylic acids is 1. The van der Waals surface area contributed by atoms with Crippen LogP contribution in [0, 0.1) is 0 Å². The average Bonchev–Trinajstić information content (AvgIpc) is 2.52. The molecular formula is C16H24N2O3. The van der Waals surface area contributed by atoms with Gasteiger partial charge in [0.2, 0.25) is 5.91 Å². The first-order chi connectivity index (χ1) is 10.1. The smallest absolute Gasteiger partial charge is 0.240 e. The van der Waals surface area contributed by atoms with E-state index in [-0.39, 0.29) is 5.91 Å². The Morgan fingerprint density at radius 3 is 2.52 bits per heavy atom. The number of benzene rings is 1. The quantitative estimate of drug-likeness (QED) is 0.455. The van der Waals surface area contributed by atoms with Crippen molar-refractivity contribution in [1.29, 1.82) is 0 Å². The summed E-state index contributed by atoms with van der Waals surface area (Å²) in [6, 6.07) is 5.53. The number of hydrazone groups is 1. The summed E-state index contributed by atoms with van der Waals surface area (Å²) in [5.41, 5.74) is 4.18. The third kappa shape index (κ3) is 5.45. The normalized spacial score (nSPS) is 11.1. The van der Waals surface area contributed by atoms with E-state index in [1.54, 1.807) is 14.2 Å². The van der Waals surface area contributed by atoms with Crippen LogP contribution in [0.5, 0.6) is 11.5 Å². The Morgan fingerprint density at radius 2 is 1.90 bits per heavy atom. The molecule has 0 saturated heterocycles. The Hall–Kier alpha value is -2.04. The third-order valence-corrected chi connectivity index (χ3v) is 3.16. The van der Waals surface area contributed by atoms with Crippen molar-refractivity contribution in [2.24, 2.45) is 5.10 Å². The molecule has 21 heavy (non-hydrogen) atoms. The molecule has 5 nitrogen and oxygen atoms in total. The van der Waals surface area contributed by atoms with Gasteiger partial charge in [-0.15, -0.1) is 0 Å².